The van der Waals surface area contributed by atoms with Crippen molar-refractivity contribution in [1.29, 1.82) is 0 Å². The number of amides is 2. The van der Waals surface area contributed by atoms with Gasteiger partial charge >= 0.3 is 0 Å². The van der Waals surface area contributed by atoms with Gasteiger partial charge in [-0.25, -0.2) is 9.97 Å². The fourth-order valence-corrected chi connectivity index (χ4v) is 3.39. The number of hydrogen-bond acceptors (Lipinski definition) is 6. The number of carbonyl (C=O) groups is 2. The van der Waals surface area contributed by atoms with Crippen LogP contribution in [0.3, 0.4) is 0 Å². The number of hydrogen-bond donors (Lipinski definition) is 2. The van der Waals surface area contributed by atoms with Gasteiger partial charge in [-0.15, -0.1) is 24.8 Å². The average molecular weight is 607 g/mol. The first-order valence-electron chi connectivity index (χ1n) is 9.79. The van der Waals surface area contributed by atoms with Gasteiger partial charge in [0.05, 0.1) is 17.2 Å². The number of pyridine rings is 1. The molecule has 1 aromatic carbocycles. The summed E-state index contributed by atoms with van der Waals surface area (Å²) in [7, 11) is 0. The standard InChI is InChI=1S/C21H22FIN6O2.2ClH/c1-2-29(9-7-25-20(30)14-5-6-24-19(22)11-14)10-8-26-21(31)18-13-27-17-12-15(23)3-4-16(17)28-18;;/h3-6,11-13H,2,7-10H2,1H3,(H,25,30)(H,26,31);2*1H/i23-2;;. The van der Waals surface area contributed by atoms with Gasteiger partial charge in [-0.3, -0.25) is 14.6 Å². The van der Waals surface area contributed by atoms with Gasteiger partial charge in [0, 0.05) is 47.6 Å². The lowest BCUT2D eigenvalue weighted by atomic mass is 10.2. The van der Waals surface area contributed by atoms with Gasteiger partial charge in [-0.1, -0.05) is 6.92 Å². The van der Waals surface area contributed by atoms with Gasteiger partial charge in [0.2, 0.25) is 5.95 Å². The molecule has 2 N–H and O–H groups in total. The fourth-order valence-electron chi connectivity index (χ4n) is 2.91. The van der Waals surface area contributed by atoms with Crippen molar-refractivity contribution in [2.75, 3.05) is 32.7 Å². The largest absolute Gasteiger partial charge is 0.351 e. The maximum atomic E-state index is 13.1. The highest BCUT2D eigenvalue weighted by Crippen LogP contribution is 2.13. The smallest absolute Gasteiger partial charge is 0.271 e. The molecule has 3 aromatic rings. The minimum Gasteiger partial charge on any atom is -0.351 e. The molecule has 2 amide bonds. The van der Waals surface area contributed by atoms with Gasteiger partial charge in [0.15, 0.2) is 0 Å². The summed E-state index contributed by atoms with van der Waals surface area (Å²) in [6, 6.07) is 8.23. The summed E-state index contributed by atoms with van der Waals surface area (Å²) in [5.41, 5.74) is 1.92. The number of benzene rings is 1. The number of likely N-dealkylation sites (N-methyl/N-ethyl adjacent to an activating group) is 1. The van der Waals surface area contributed by atoms with Gasteiger partial charge in [-0.2, -0.15) is 4.39 Å². The second kappa shape index (κ2) is 14.2. The first-order valence-corrected chi connectivity index (χ1v) is 10.9. The summed E-state index contributed by atoms with van der Waals surface area (Å²) in [6.45, 7) is 4.80. The lowest BCUT2D eigenvalue weighted by molar-refractivity contribution is 0.0943. The predicted molar refractivity (Wildman–Crippen MR) is 138 cm³/mol. The van der Waals surface area contributed by atoms with Crippen molar-refractivity contribution in [2.45, 2.75) is 6.92 Å². The Kier molecular flexibility index (Phi) is 12.4. The van der Waals surface area contributed by atoms with Crippen LogP contribution in [0.25, 0.3) is 11.0 Å². The van der Waals surface area contributed by atoms with Gasteiger partial charge in [0.1, 0.15) is 5.69 Å². The first-order chi connectivity index (χ1) is 15.0. The van der Waals surface area contributed by atoms with Crippen molar-refractivity contribution in [3.63, 3.8) is 0 Å². The number of nitrogens with one attached hydrogen (secondary N) is 2. The van der Waals surface area contributed by atoms with E-state index in [1.807, 2.05) is 25.1 Å². The summed E-state index contributed by atoms with van der Waals surface area (Å²) < 4.78 is 14.2. The Hall–Kier alpha value is -2.15. The van der Waals surface area contributed by atoms with E-state index in [1.165, 1.54) is 18.5 Å². The Morgan fingerprint density at radius 2 is 1.70 bits per heavy atom. The molecule has 12 heteroatoms. The van der Waals surface area contributed by atoms with E-state index < -0.39 is 5.95 Å². The van der Waals surface area contributed by atoms with E-state index in [1.54, 1.807) is 0 Å². The van der Waals surface area contributed by atoms with Crippen LogP contribution < -0.4 is 10.6 Å². The molecule has 0 atom stereocenters. The molecule has 33 heavy (non-hydrogen) atoms. The topological polar surface area (TPSA) is 100 Å². The van der Waals surface area contributed by atoms with E-state index in [-0.39, 0.29) is 47.9 Å². The van der Waals surface area contributed by atoms with E-state index in [0.29, 0.717) is 31.7 Å². The monoisotopic (exact) mass is 606 g/mol. The van der Waals surface area contributed by atoms with Crippen LogP contribution in [0.4, 0.5) is 4.39 Å². The zero-order valence-electron chi connectivity index (χ0n) is 17.8. The molecule has 0 aliphatic rings. The van der Waals surface area contributed by atoms with Crippen molar-refractivity contribution < 1.29 is 14.0 Å². The molecule has 2 aromatic heterocycles. The van der Waals surface area contributed by atoms with Gasteiger partial charge < -0.3 is 15.5 Å². The van der Waals surface area contributed by atoms with Crippen LogP contribution in [0.5, 0.6) is 0 Å². The minimum atomic E-state index is -0.690. The highest BCUT2D eigenvalue weighted by molar-refractivity contribution is 14.1. The zero-order chi connectivity index (χ0) is 22.2. The maximum absolute atomic E-state index is 13.1. The number of nitrogens with zero attached hydrogens (tertiary/aromatic N) is 4. The summed E-state index contributed by atoms with van der Waals surface area (Å²) in [6.07, 6.45) is 2.73. The molecular formula is C21H24Cl2FIN6O2. The number of fused-ring (bicyclic) bond motifs is 1. The van der Waals surface area contributed by atoms with Crippen LogP contribution in [-0.2, 0) is 0 Å². The molecule has 0 spiro atoms. The lowest BCUT2D eigenvalue weighted by Crippen LogP contribution is -2.39. The Morgan fingerprint density at radius 3 is 2.36 bits per heavy atom. The minimum absolute atomic E-state index is 0. The van der Waals surface area contributed by atoms with E-state index in [0.717, 1.165) is 21.7 Å². The number of carbonyl (C=O) groups excluding carboxylic acids is 2. The predicted octanol–water partition coefficient (Wildman–Crippen LogP) is 3.09. The van der Waals surface area contributed by atoms with E-state index in [2.05, 4.69) is 53.1 Å². The third-order valence-electron chi connectivity index (χ3n) is 4.60. The molecule has 0 aliphatic heterocycles. The summed E-state index contributed by atoms with van der Waals surface area (Å²) >= 11 is 2.20. The van der Waals surface area contributed by atoms with Crippen molar-refractivity contribution in [3.8, 4) is 0 Å². The van der Waals surface area contributed by atoms with Crippen LogP contribution in [0.15, 0.2) is 42.7 Å². The average Bonchev–Trinajstić information content (AvgIpc) is 2.77. The van der Waals surface area contributed by atoms with Gasteiger partial charge in [-0.05, 0) is 53.4 Å². The second-order valence-electron chi connectivity index (χ2n) is 6.70. The van der Waals surface area contributed by atoms with Crippen LogP contribution in [-0.4, -0.2) is 64.4 Å². The zero-order valence-corrected chi connectivity index (χ0v) is 21.5. The Labute approximate surface area is 217 Å². The highest BCUT2D eigenvalue weighted by atomic mass is 125. The molecule has 0 aliphatic carbocycles. The molecule has 0 saturated carbocycles. The molecule has 0 radical (unpaired) electrons. The molecule has 3 rings (SSSR count). The van der Waals surface area contributed by atoms with Gasteiger partial charge in [0.25, 0.3) is 11.8 Å². The van der Waals surface area contributed by atoms with E-state index in [4.69, 9.17) is 0 Å². The van der Waals surface area contributed by atoms with Crippen molar-refractivity contribution in [2.24, 2.45) is 0 Å². The first kappa shape index (κ1) is 28.9. The normalized spacial score (nSPS) is 10.3. The second-order valence-corrected chi connectivity index (χ2v) is 7.95. The highest BCUT2D eigenvalue weighted by Gasteiger charge is 2.11. The SMILES string of the molecule is CCN(CCNC(=O)c1ccnc(F)c1)CCNC(=O)c1cnc2cc([125I])ccc2n1.Cl.Cl. The maximum Gasteiger partial charge on any atom is 0.271 e. The number of rotatable bonds is 9. The molecule has 0 bridgehead atoms. The summed E-state index contributed by atoms with van der Waals surface area (Å²) in [5, 5.41) is 5.61. The quantitative estimate of drug-likeness (QED) is 0.287. The van der Waals surface area contributed by atoms with Crippen LogP contribution in [0, 0.1) is 9.52 Å². The molecule has 0 unspecified atom stereocenters. The molecular weight excluding hydrogens is 583 g/mol. The fraction of sp³-hybridized carbons (Fsp3) is 0.286. The molecule has 178 valence electrons. The molecule has 0 saturated heterocycles. The van der Waals surface area contributed by atoms with Crippen LogP contribution in [0.2, 0.25) is 0 Å². The van der Waals surface area contributed by atoms with Crippen LogP contribution >= 0.6 is 47.4 Å². The van der Waals surface area contributed by atoms with E-state index in [9.17, 15) is 14.0 Å². The van der Waals surface area contributed by atoms with Crippen molar-refractivity contribution >= 4 is 70.3 Å². The lowest BCUT2D eigenvalue weighted by Gasteiger charge is -2.20. The van der Waals surface area contributed by atoms with E-state index >= 15 is 0 Å². The molecule has 0 fully saturated rings. The number of aromatic nitrogens is 3. The van der Waals surface area contributed by atoms with Crippen molar-refractivity contribution in [3.05, 3.63) is 63.5 Å². The Morgan fingerprint density at radius 1 is 1.00 bits per heavy atom. The van der Waals surface area contributed by atoms with Crippen LogP contribution in [0.1, 0.15) is 27.8 Å². The summed E-state index contributed by atoms with van der Waals surface area (Å²) in [5.74, 6) is -1.32. The Balaban J connectivity index is 0.00000272. The van der Waals surface area contributed by atoms with Crippen molar-refractivity contribution in [1.82, 2.24) is 30.5 Å². The molecule has 2 heterocycles. The number of halogens is 4. The molecule has 8 nitrogen and oxygen atoms in total. The third kappa shape index (κ3) is 8.61. The Bertz CT molecular complexity index is 1090. The summed E-state index contributed by atoms with van der Waals surface area (Å²) in [4.78, 5) is 38.6. The third-order valence-corrected chi connectivity index (χ3v) is 5.27.